The van der Waals surface area contributed by atoms with Crippen molar-refractivity contribution in [1.29, 1.82) is 0 Å². The first kappa shape index (κ1) is 28.4. The molecule has 6 rings (SSSR count). The molecule has 0 aromatic carbocycles. The van der Waals surface area contributed by atoms with E-state index in [0.29, 0.717) is 17.4 Å². The normalized spacial score (nSPS) is 22.4. The van der Waals surface area contributed by atoms with E-state index < -0.39 is 0 Å². The summed E-state index contributed by atoms with van der Waals surface area (Å²) in [7, 11) is 0. The molecule has 0 radical (unpaired) electrons. The van der Waals surface area contributed by atoms with Gasteiger partial charge in [-0.2, -0.15) is 0 Å². The maximum Gasteiger partial charge on any atom is 0.184 e. The smallest absolute Gasteiger partial charge is 0.184 e. The zero-order chi connectivity index (χ0) is 30.4. The number of nitrogens with zero attached hydrogens (tertiary/aromatic N) is 5. The van der Waals surface area contributed by atoms with Crippen LogP contribution in [-0.2, 0) is 0 Å². The molecular weight excluding hydrogens is 510 g/mol. The Hall–Kier alpha value is -4.13. The third-order valence-corrected chi connectivity index (χ3v) is 9.63. The molecule has 0 bridgehead atoms. The summed E-state index contributed by atoms with van der Waals surface area (Å²) in [6, 6.07) is 0. The number of hydrogen-bond donors (Lipinski definition) is 2. The van der Waals surface area contributed by atoms with Crippen LogP contribution in [-0.4, -0.2) is 37.5 Å². The molecule has 0 aromatic rings. The molecule has 7 nitrogen and oxygen atoms in total. The fraction of sp³-hybridized carbons (Fsp3) is 0.382. The van der Waals surface area contributed by atoms with Crippen molar-refractivity contribution in [2.75, 3.05) is 0 Å². The average Bonchev–Trinajstić information content (AvgIpc) is 2.93. The highest BCUT2D eigenvalue weighted by molar-refractivity contribution is 6.22. The molecular formula is C34H41N5O2. The van der Waals surface area contributed by atoms with Gasteiger partial charge in [-0.3, -0.25) is 4.90 Å². The molecule has 6 heterocycles. The molecule has 0 aromatic heterocycles. The molecule has 0 atom stereocenters. The van der Waals surface area contributed by atoms with Crippen LogP contribution in [0.1, 0.15) is 90.0 Å². The Balaban J connectivity index is 0.000000166. The number of aliphatic hydroxyl groups excluding tert-OH is 2. The van der Waals surface area contributed by atoms with E-state index in [9.17, 15) is 10.2 Å². The number of rotatable bonds is 0. The zero-order valence-electron chi connectivity index (χ0n) is 26.6. The number of allylic oxidation sites excluding steroid dienone is 10. The van der Waals surface area contributed by atoms with E-state index in [-0.39, 0.29) is 5.76 Å². The molecule has 0 spiro atoms. The number of aliphatic hydroxyl groups is 2. The Morgan fingerprint density at radius 1 is 0.390 bits per heavy atom. The summed E-state index contributed by atoms with van der Waals surface area (Å²) >= 11 is 0. The molecule has 2 N–H and O–H groups in total. The molecule has 7 heteroatoms. The minimum Gasteiger partial charge on any atom is -0.505 e. The van der Waals surface area contributed by atoms with Gasteiger partial charge in [-0.1, -0.05) is 0 Å². The predicted molar refractivity (Wildman–Crippen MR) is 168 cm³/mol. The zero-order valence-corrected chi connectivity index (χ0v) is 26.6. The van der Waals surface area contributed by atoms with E-state index in [1.165, 1.54) is 50.4 Å². The largest absolute Gasteiger partial charge is 0.505 e. The van der Waals surface area contributed by atoms with Crippen LogP contribution in [0.3, 0.4) is 0 Å². The summed E-state index contributed by atoms with van der Waals surface area (Å²) in [5.41, 5.74) is 17.0. The van der Waals surface area contributed by atoms with Crippen molar-refractivity contribution in [2.24, 2.45) is 15.0 Å². The monoisotopic (exact) mass is 551 g/mol. The summed E-state index contributed by atoms with van der Waals surface area (Å²) in [6.07, 6.45) is 0. The lowest BCUT2D eigenvalue weighted by molar-refractivity contribution is 0.374. The Morgan fingerprint density at radius 3 is 1.41 bits per heavy atom. The highest BCUT2D eigenvalue weighted by atomic mass is 16.3. The minimum absolute atomic E-state index is 0.204. The van der Waals surface area contributed by atoms with Gasteiger partial charge in [-0.25, -0.2) is 15.0 Å². The van der Waals surface area contributed by atoms with E-state index in [1.807, 2.05) is 46.4 Å². The quantitative estimate of drug-likeness (QED) is 0.316. The van der Waals surface area contributed by atoms with Gasteiger partial charge in [0.1, 0.15) is 23.3 Å². The maximum absolute atomic E-state index is 10.8. The van der Waals surface area contributed by atoms with Crippen molar-refractivity contribution >= 4 is 17.5 Å². The Bertz CT molecular complexity index is 1640. The van der Waals surface area contributed by atoms with Crippen molar-refractivity contribution in [2.45, 2.75) is 90.0 Å². The van der Waals surface area contributed by atoms with E-state index in [2.05, 4.69) is 68.3 Å². The number of hydrogen-bond acceptors (Lipinski definition) is 7. The van der Waals surface area contributed by atoms with Gasteiger partial charge in [-0.05, 0) is 140 Å². The molecule has 0 saturated heterocycles. The third-order valence-electron chi connectivity index (χ3n) is 9.63. The third kappa shape index (κ3) is 3.81. The van der Waals surface area contributed by atoms with Crippen molar-refractivity contribution in [3.05, 3.63) is 101 Å². The molecule has 6 aliphatic rings. The van der Waals surface area contributed by atoms with Crippen LogP contribution in [0.15, 0.2) is 116 Å². The van der Waals surface area contributed by atoms with Crippen LogP contribution >= 0.6 is 0 Å². The molecule has 0 amide bonds. The van der Waals surface area contributed by atoms with Crippen molar-refractivity contribution < 1.29 is 10.2 Å². The van der Waals surface area contributed by atoms with E-state index in [1.54, 1.807) is 0 Å². The molecule has 0 fully saturated rings. The van der Waals surface area contributed by atoms with Crippen LogP contribution < -0.4 is 0 Å². The first-order valence-corrected chi connectivity index (χ1v) is 14.1. The van der Waals surface area contributed by atoms with Gasteiger partial charge in [-0.15, -0.1) is 0 Å². The number of amidine groups is 3. The predicted octanol–water partition coefficient (Wildman–Crippen LogP) is 8.56. The lowest BCUT2D eigenvalue weighted by Gasteiger charge is -2.45. The highest BCUT2D eigenvalue weighted by Gasteiger charge is 2.40. The van der Waals surface area contributed by atoms with Crippen molar-refractivity contribution in [3.63, 3.8) is 0 Å². The molecule has 41 heavy (non-hydrogen) atoms. The highest BCUT2D eigenvalue weighted by Crippen LogP contribution is 2.51. The topological polar surface area (TPSA) is 84.0 Å². The molecule has 6 aliphatic heterocycles. The maximum atomic E-state index is 10.8. The first-order chi connectivity index (χ1) is 19.1. The Labute approximate surface area is 243 Å². The van der Waals surface area contributed by atoms with Crippen LogP contribution in [0.25, 0.3) is 0 Å². The van der Waals surface area contributed by atoms with Gasteiger partial charge in [0.15, 0.2) is 11.6 Å². The van der Waals surface area contributed by atoms with Gasteiger partial charge in [0.2, 0.25) is 0 Å². The van der Waals surface area contributed by atoms with Gasteiger partial charge >= 0.3 is 0 Å². The fourth-order valence-corrected chi connectivity index (χ4v) is 6.19. The lowest BCUT2D eigenvalue weighted by Crippen LogP contribution is -2.44. The van der Waals surface area contributed by atoms with Gasteiger partial charge in [0, 0.05) is 16.8 Å². The average molecular weight is 552 g/mol. The summed E-state index contributed by atoms with van der Waals surface area (Å²) < 4.78 is 0. The van der Waals surface area contributed by atoms with Crippen LogP contribution in [0, 0.1) is 0 Å². The summed E-state index contributed by atoms with van der Waals surface area (Å²) in [4.78, 5) is 17.6. The van der Waals surface area contributed by atoms with Gasteiger partial charge in [0.25, 0.3) is 0 Å². The standard InChI is InChI=1S/C20H25NO.C14H16N4O/c1-9-11(3)17-13(5)10(2)14(6)19-20(22)16(8)15(7)18(12(9)4)21(17)19;1-6-7(2)12-15-9(4)8(3)13-16-10(5)17-14(11(6)19)18(12)13/h22H,1-8H3;19H,1-5H3. The second kappa shape index (κ2) is 9.47. The van der Waals surface area contributed by atoms with E-state index in [4.69, 9.17) is 0 Å². The van der Waals surface area contributed by atoms with Crippen LogP contribution in [0.2, 0.25) is 0 Å². The molecule has 0 unspecified atom stereocenters. The lowest BCUT2D eigenvalue weighted by atomic mass is 9.80. The molecule has 0 saturated carbocycles. The van der Waals surface area contributed by atoms with Crippen molar-refractivity contribution in [3.8, 4) is 0 Å². The number of aliphatic imine (C=N–C) groups is 3. The minimum atomic E-state index is 0.204. The summed E-state index contributed by atoms with van der Waals surface area (Å²) in [5, 5.41) is 21.1. The Kier molecular flexibility index (Phi) is 6.56. The van der Waals surface area contributed by atoms with Crippen molar-refractivity contribution in [1.82, 2.24) is 9.80 Å². The molecule has 0 aliphatic carbocycles. The second-order valence-corrected chi connectivity index (χ2v) is 11.7. The van der Waals surface area contributed by atoms with Gasteiger partial charge < -0.3 is 15.1 Å². The fourth-order valence-electron chi connectivity index (χ4n) is 6.19. The van der Waals surface area contributed by atoms with Crippen LogP contribution in [0.4, 0.5) is 0 Å². The molecule has 214 valence electrons. The summed E-state index contributed by atoms with van der Waals surface area (Å²) in [6.45, 7) is 26.8. The van der Waals surface area contributed by atoms with E-state index >= 15 is 0 Å². The first-order valence-electron chi connectivity index (χ1n) is 14.1. The van der Waals surface area contributed by atoms with E-state index in [0.717, 1.165) is 45.4 Å². The SMILES string of the molecule is CC1=C(C)C2=C(C)C(C)=C(C)C3=C(O)C(C)=C(C)C(=C1C)N23.CC1=NC2=C(O)C(C)=C(C)C3=NC(C)=C(C)C(=N1)N32. The summed E-state index contributed by atoms with van der Waals surface area (Å²) in [5.74, 6) is 3.41. The van der Waals surface area contributed by atoms with Crippen LogP contribution in [0.5, 0.6) is 0 Å². The Morgan fingerprint density at radius 2 is 0.854 bits per heavy atom. The van der Waals surface area contributed by atoms with Gasteiger partial charge in [0.05, 0.1) is 17.1 Å². The second-order valence-electron chi connectivity index (χ2n) is 11.7.